The summed E-state index contributed by atoms with van der Waals surface area (Å²) < 4.78 is 28.9. The normalized spacial score (nSPS) is 19.9. The molecule has 44 heavy (non-hydrogen) atoms. The molecule has 2 aromatic carbocycles. The van der Waals surface area contributed by atoms with Crippen LogP contribution in [-0.2, 0) is 13.1 Å². The number of nitrogens with one attached hydrogen (secondary N) is 1. The number of halogens is 1. The van der Waals surface area contributed by atoms with Crippen LogP contribution in [0.1, 0.15) is 84.5 Å². The van der Waals surface area contributed by atoms with E-state index in [2.05, 4.69) is 21.7 Å². The van der Waals surface area contributed by atoms with Gasteiger partial charge in [-0.3, -0.25) is 4.79 Å². The molecule has 2 saturated heterocycles. The molecule has 1 atom stereocenters. The highest BCUT2D eigenvalue weighted by Gasteiger charge is 2.28. The van der Waals surface area contributed by atoms with Crippen LogP contribution in [0.4, 0.5) is 4.39 Å². The molecule has 3 aliphatic rings. The standard InChI is InChI=1S/C34H45FN6O3/c1-39(2)22-28-23-41(38-37-28)21-24-16-27(35)19-31(17-24)43-29-11-14-40(15-12-29)34(42)26-8-9-33(44-30-10-13-36-20-30)32(18-26)25-6-4-3-5-7-25/h8-9,16-19,23,25,29-30,36H,3-7,10-15,20-22H2,1-2H3/t30-/m0/s1. The van der Waals surface area contributed by atoms with E-state index in [1.54, 1.807) is 4.68 Å². The highest BCUT2D eigenvalue weighted by Crippen LogP contribution is 2.39. The van der Waals surface area contributed by atoms with Gasteiger partial charge in [-0.2, -0.15) is 0 Å². The summed E-state index contributed by atoms with van der Waals surface area (Å²) in [6.07, 6.45) is 10.4. The second kappa shape index (κ2) is 14.1. The molecule has 1 aromatic heterocycles. The fourth-order valence-corrected chi connectivity index (χ4v) is 6.76. The molecule has 236 valence electrons. The van der Waals surface area contributed by atoms with Crippen LogP contribution in [0.15, 0.2) is 42.6 Å². The summed E-state index contributed by atoms with van der Waals surface area (Å²) in [6.45, 7) is 4.16. The average Bonchev–Trinajstić information content (AvgIpc) is 3.69. The number of aromatic nitrogens is 3. The molecule has 0 radical (unpaired) electrons. The van der Waals surface area contributed by atoms with E-state index in [0.29, 0.717) is 50.7 Å². The lowest BCUT2D eigenvalue weighted by atomic mass is 9.83. The number of hydrogen-bond donors (Lipinski definition) is 1. The van der Waals surface area contributed by atoms with Crippen molar-refractivity contribution >= 4 is 5.91 Å². The molecule has 0 bridgehead atoms. The first-order valence-electron chi connectivity index (χ1n) is 16.2. The summed E-state index contributed by atoms with van der Waals surface area (Å²) in [5.41, 5.74) is 3.56. The minimum atomic E-state index is -0.343. The number of piperidine rings is 1. The topological polar surface area (TPSA) is 84.8 Å². The molecule has 3 heterocycles. The Hall–Kier alpha value is -3.50. The SMILES string of the molecule is CN(C)Cc1cn(Cc2cc(F)cc(OC3CCN(C(=O)c4ccc(O[C@H]5CCNC5)c(C5CCCCC5)c4)CC3)c2)nn1. The number of hydrogen-bond acceptors (Lipinski definition) is 7. The highest BCUT2D eigenvalue weighted by molar-refractivity contribution is 5.94. The van der Waals surface area contributed by atoms with Gasteiger partial charge in [-0.05, 0) is 87.3 Å². The molecule has 0 unspecified atom stereocenters. The maximum atomic E-state index is 14.5. The van der Waals surface area contributed by atoms with Gasteiger partial charge in [0.1, 0.15) is 29.5 Å². The lowest BCUT2D eigenvalue weighted by Crippen LogP contribution is -2.41. The van der Waals surface area contributed by atoms with E-state index in [1.165, 1.54) is 37.0 Å². The number of ether oxygens (including phenoxy) is 2. The fourth-order valence-electron chi connectivity index (χ4n) is 6.76. The Kier molecular flexibility index (Phi) is 9.76. The molecule has 1 amide bonds. The van der Waals surface area contributed by atoms with Gasteiger partial charge in [0.15, 0.2) is 0 Å². The first-order chi connectivity index (χ1) is 21.4. The van der Waals surface area contributed by atoms with E-state index in [4.69, 9.17) is 9.47 Å². The Morgan fingerprint density at radius 1 is 1.00 bits per heavy atom. The Balaban J connectivity index is 1.07. The van der Waals surface area contributed by atoms with Crippen molar-refractivity contribution in [2.24, 2.45) is 0 Å². The van der Waals surface area contributed by atoms with Gasteiger partial charge in [-0.25, -0.2) is 9.07 Å². The number of benzene rings is 2. The van der Waals surface area contributed by atoms with Crippen LogP contribution in [0.3, 0.4) is 0 Å². The van der Waals surface area contributed by atoms with Crippen molar-refractivity contribution in [2.45, 2.75) is 82.6 Å². The van der Waals surface area contributed by atoms with Crippen LogP contribution in [0.25, 0.3) is 0 Å². The Morgan fingerprint density at radius 3 is 2.57 bits per heavy atom. The summed E-state index contributed by atoms with van der Waals surface area (Å²) in [7, 11) is 3.96. The van der Waals surface area contributed by atoms with Gasteiger partial charge >= 0.3 is 0 Å². The molecule has 1 saturated carbocycles. The van der Waals surface area contributed by atoms with E-state index in [9.17, 15) is 9.18 Å². The van der Waals surface area contributed by atoms with E-state index >= 15 is 0 Å². The number of carbonyl (C=O) groups excluding carboxylic acids is 1. The third kappa shape index (κ3) is 7.77. The molecular weight excluding hydrogens is 559 g/mol. The molecule has 1 aliphatic carbocycles. The second-order valence-electron chi connectivity index (χ2n) is 12.9. The first-order valence-corrected chi connectivity index (χ1v) is 16.2. The van der Waals surface area contributed by atoms with Gasteiger partial charge in [-0.15, -0.1) is 5.10 Å². The number of likely N-dealkylation sites (tertiary alicyclic amines) is 1. The van der Waals surface area contributed by atoms with Crippen molar-refractivity contribution < 1.29 is 18.7 Å². The molecule has 1 N–H and O–H groups in total. The van der Waals surface area contributed by atoms with Gasteiger partial charge in [0, 0.05) is 50.7 Å². The quantitative estimate of drug-likeness (QED) is 0.349. The highest BCUT2D eigenvalue weighted by atomic mass is 19.1. The molecule has 2 aliphatic heterocycles. The van der Waals surface area contributed by atoms with E-state index in [1.807, 2.05) is 48.3 Å². The molecule has 3 aromatic rings. The molecule has 3 fully saturated rings. The van der Waals surface area contributed by atoms with Gasteiger partial charge in [-0.1, -0.05) is 24.5 Å². The zero-order chi connectivity index (χ0) is 30.5. The Bertz CT molecular complexity index is 1410. The fraction of sp³-hybridized carbons (Fsp3) is 0.559. The van der Waals surface area contributed by atoms with Crippen LogP contribution in [-0.4, -0.2) is 83.2 Å². The average molecular weight is 605 g/mol. The van der Waals surface area contributed by atoms with Crippen molar-refractivity contribution in [2.75, 3.05) is 40.3 Å². The summed E-state index contributed by atoms with van der Waals surface area (Å²) in [6, 6.07) is 10.9. The molecular formula is C34H45FN6O3. The predicted molar refractivity (Wildman–Crippen MR) is 167 cm³/mol. The Morgan fingerprint density at radius 2 is 1.82 bits per heavy atom. The minimum absolute atomic E-state index is 0.0594. The molecule has 0 spiro atoms. The summed E-state index contributed by atoms with van der Waals surface area (Å²) >= 11 is 0. The van der Waals surface area contributed by atoms with Crippen molar-refractivity contribution in [1.29, 1.82) is 0 Å². The monoisotopic (exact) mass is 604 g/mol. The smallest absolute Gasteiger partial charge is 0.253 e. The largest absolute Gasteiger partial charge is 0.490 e. The maximum absolute atomic E-state index is 14.5. The third-order valence-corrected chi connectivity index (χ3v) is 8.98. The van der Waals surface area contributed by atoms with E-state index in [-0.39, 0.29) is 23.9 Å². The summed E-state index contributed by atoms with van der Waals surface area (Å²) in [5, 5.41) is 11.8. The Labute approximate surface area is 259 Å². The predicted octanol–water partition coefficient (Wildman–Crippen LogP) is 5.00. The zero-order valence-electron chi connectivity index (χ0n) is 26.0. The van der Waals surface area contributed by atoms with Gasteiger partial charge in [0.05, 0.1) is 18.4 Å². The van der Waals surface area contributed by atoms with Crippen LogP contribution < -0.4 is 14.8 Å². The zero-order valence-corrected chi connectivity index (χ0v) is 26.0. The summed E-state index contributed by atoms with van der Waals surface area (Å²) in [4.78, 5) is 17.6. The van der Waals surface area contributed by atoms with Crippen molar-refractivity contribution in [3.05, 3.63) is 70.8 Å². The van der Waals surface area contributed by atoms with Crippen molar-refractivity contribution in [3.63, 3.8) is 0 Å². The molecule has 6 rings (SSSR count). The molecule has 9 nitrogen and oxygen atoms in total. The molecule has 10 heteroatoms. The van der Waals surface area contributed by atoms with E-state index < -0.39 is 0 Å². The number of amides is 1. The van der Waals surface area contributed by atoms with Crippen LogP contribution in [0.5, 0.6) is 11.5 Å². The van der Waals surface area contributed by atoms with Crippen LogP contribution in [0.2, 0.25) is 0 Å². The van der Waals surface area contributed by atoms with Gasteiger partial charge < -0.3 is 24.6 Å². The lowest BCUT2D eigenvalue weighted by molar-refractivity contribution is 0.0595. The number of nitrogens with zero attached hydrogens (tertiary/aromatic N) is 5. The van der Waals surface area contributed by atoms with Gasteiger partial charge in [0.2, 0.25) is 0 Å². The second-order valence-corrected chi connectivity index (χ2v) is 12.9. The summed E-state index contributed by atoms with van der Waals surface area (Å²) in [5.74, 6) is 1.61. The van der Waals surface area contributed by atoms with E-state index in [0.717, 1.165) is 54.9 Å². The van der Waals surface area contributed by atoms with Gasteiger partial charge in [0.25, 0.3) is 5.91 Å². The minimum Gasteiger partial charge on any atom is -0.490 e. The van der Waals surface area contributed by atoms with Crippen LogP contribution >= 0.6 is 0 Å². The number of carbonyl (C=O) groups is 1. The van der Waals surface area contributed by atoms with Crippen molar-refractivity contribution in [1.82, 2.24) is 30.1 Å². The van der Waals surface area contributed by atoms with Crippen LogP contribution in [0, 0.1) is 5.82 Å². The lowest BCUT2D eigenvalue weighted by Gasteiger charge is -2.33. The third-order valence-electron chi connectivity index (χ3n) is 8.98. The van der Waals surface area contributed by atoms with Crippen molar-refractivity contribution in [3.8, 4) is 11.5 Å². The maximum Gasteiger partial charge on any atom is 0.253 e. The number of rotatable bonds is 10. The first kappa shape index (κ1) is 30.5.